The van der Waals surface area contributed by atoms with E-state index in [2.05, 4.69) is 26.9 Å². The van der Waals surface area contributed by atoms with E-state index in [0.29, 0.717) is 16.5 Å². The third-order valence-corrected chi connectivity index (χ3v) is 5.91. The highest BCUT2D eigenvalue weighted by Crippen LogP contribution is 2.27. The van der Waals surface area contributed by atoms with Crippen LogP contribution in [0, 0.1) is 12.8 Å². The van der Waals surface area contributed by atoms with Gasteiger partial charge in [0.1, 0.15) is 0 Å². The van der Waals surface area contributed by atoms with Crippen LogP contribution in [-0.4, -0.2) is 28.7 Å². The quantitative estimate of drug-likeness (QED) is 0.573. The fraction of sp³-hybridized carbons (Fsp3) is 0.364. The van der Waals surface area contributed by atoms with Crippen molar-refractivity contribution in [1.82, 2.24) is 15.5 Å². The Morgan fingerprint density at radius 3 is 2.79 bits per heavy atom. The maximum Gasteiger partial charge on any atom is 0.253 e. The number of halogens is 1. The molecule has 1 amide bonds. The van der Waals surface area contributed by atoms with Crippen LogP contribution in [0.15, 0.2) is 42.5 Å². The Labute approximate surface area is 169 Å². The number of carbonyl (C=O) groups is 1. The van der Waals surface area contributed by atoms with Crippen LogP contribution < -0.4 is 10.6 Å². The van der Waals surface area contributed by atoms with Crippen LogP contribution in [0.5, 0.6) is 0 Å². The van der Waals surface area contributed by atoms with Crippen LogP contribution in [0.25, 0.3) is 10.9 Å². The number of aromatic nitrogens is 2. The molecule has 0 spiro atoms. The minimum atomic E-state index is -0.0710. The molecule has 1 aromatic heterocycles. The standard InChI is InChI=1S/C22H25ClN4O/c1-14-6-11-19(23)18(12-14)22(28)25-16-9-7-15(8-10-16)13-24-21-17-4-2-3-5-20(17)26-27-21/h2-6,11-12,15-16H,7-10,13H2,1H3,(H,25,28)(H2,24,26,27). The van der Waals surface area contributed by atoms with Gasteiger partial charge in [0.15, 0.2) is 5.82 Å². The van der Waals surface area contributed by atoms with Crippen molar-refractivity contribution in [2.45, 2.75) is 38.6 Å². The van der Waals surface area contributed by atoms with Gasteiger partial charge in [-0.15, -0.1) is 0 Å². The molecule has 0 bridgehead atoms. The molecule has 5 nitrogen and oxygen atoms in total. The number of benzene rings is 2. The van der Waals surface area contributed by atoms with Gasteiger partial charge in [-0.2, -0.15) is 5.10 Å². The van der Waals surface area contributed by atoms with Crippen molar-refractivity contribution in [2.24, 2.45) is 5.92 Å². The van der Waals surface area contributed by atoms with E-state index < -0.39 is 0 Å². The predicted molar refractivity (Wildman–Crippen MR) is 114 cm³/mol. The van der Waals surface area contributed by atoms with Crippen molar-refractivity contribution in [2.75, 3.05) is 11.9 Å². The van der Waals surface area contributed by atoms with E-state index in [1.54, 1.807) is 6.07 Å². The van der Waals surface area contributed by atoms with Gasteiger partial charge >= 0.3 is 0 Å². The number of carbonyl (C=O) groups excluding carboxylic acids is 1. The Bertz CT molecular complexity index is 976. The van der Waals surface area contributed by atoms with Crippen molar-refractivity contribution < 1.29 is 4.79 Å². The number of para-hydroxylation sites is 1. The zero-order chi connectivity index (χ0) is 19.5. The van der Waals surface area contributed by atoms with Gasteiger partial charge in [-0.3, -0.25) is 9.89 Å². The molecule has 0 saturated heterocycles. The zero-order valence-corrected chi connectivity index (χ0v) is 16.7. The number of nitrogens with zero attached hydrogens (tertiary/aromatic N) is 1. The molecule has 28 heavy (non-hydrogen) atoms. The zero-order valence-electron chi connectivity index (χ0n) is 16.0. The first-order valence-corrected chi connectivity index (χ1v) is 10.2. The Balaban J connectivity index is 1.27. The lowest BCUT2D eigenvalue weighted by molar-refractivity contribution is 0.0923. The number of rotatable bonds is 5. The van der Waals surface area contributed by atoms with Crippen LogP contribution >= 0.6 is 11.6 Å². The number of aryl methyl sites for hydroxylation is 1. The molecule has 3 aromatic rings. The lowest BCUT2D eigenvalue weighted by atomic mass is 9.86. The van der Waals surface area contributed by atoms with Gasteiger partial charge in [-0.1, -0.05) is 35.4 Å². The van der Waals surface area contributed by atoms with Crippen LogP contribution in [-0.2, 0) is 0 Å². The molecule has 1 aliphatic rings. The topological polar surface area (TPSA) is 69.8 Å². The summed E-state index contributed by atoms with van der Waals surface area (Å²) in [5.41, 5.74) is 2.65. The summed E-state index contributed by atoms with van der Waals surface area (Å²) in [7, 11) is 0. The Hall–Kier alpha value is -2.53. The van der Waals surface area contributed by atoms with Gasteiger partial charge < -0.3 is 10.6 Å². The highest BCUT2D eigenvalue weighted by Gasteiger charge is 2.23. The van der Waals surface area contributed by atoms with E-state index in [1.807, 2.05) is 37.3 Å². The lowest BCUT2D eigenvalue weighted by Crippen LogP contribution is -2.38. The number of hydrogen-bond acceptors (Lipinski definition) is 3. The number of fused-ring (bicyclic) bond motifs is 1. The van der Waals surface area contributed by atoms with Gasteiger partial charge in [0, 0.05) is 18.0 Å². The van der Waals surface area contributed by atoms with E-state index in [9.17, 15) is 4.79 Å². The van der Waals surface area contributed by atoms with Crippen molar-refractivity contribution in [3.8, 4) is 0 Å². The fourth-order valence-electron chi connectivity index (χ4n) is 3.93. The molecule has 0 aliphatic heterocycles. The van der Waals surface area contributed by atoms with Crippen LogP contribution in [0.1, 0.15) is 41.6 Å². The smallest absolute Gasteiger partial charge is 0.253 e. The third kappa shape index (κ3) is 4.14. The van der Waals surface area contributed by atoms with E-state index in [-0.39, 0.29) is 11.9 Å². The molecule has 1 saturated carbocycles. The van der Waals surface area contributed by atoms with E-state index >= 15 is 0 Å². The summed E-state index contributed by atoms with van der Waals surface area (Å²) in [5, 5.41) is 15.7. The minimum absolute atomic E-state index is 0.0710. The second kappa shape index (κ2) is 8.23. The van der Waals surface area contributed by atoms with E-state index in [4.69, 9.17) is 11.6 Å². The second-order valence-corrected chi connectivity index (χ2v) is 8.08. The molecule has 146 valence electrons. The van der Waals surface area contributed by atoms with Crippen LogP contribution in [0.3, 0.4) is 0 Å². The summed E-state index contributed by atoms with van der Waals surface area (Å²) in [6.07, 6.45) is 4.15. The van der Waals surface area contributed by atoms with Gasteiger partial charge in [0.05, 0.1) is 16.1 Å². The first kappa shape index (κ1) is 18.8. The summed E-state index contributed by atoms with van der Waals surface area (Å²) < 4.78 is 0. The first-order valence-electron chi connectivity index (χ1n) is 9.84. The van der Waals surface area contributed by atoms with E-state index in [0.717, 1.165) is 54.5 Å². The number of aromatic amines is 1. The molecule has 0 atom stereocenters. The van der Waals surface area contributed by atoms with Gasteiger partial charge in [0.2, 0.25) is 0 Å². The van der Waals surface area contributed by atoms with Gasteiger partial charge in [-0.25, -0.2) is 0 Å². The number of anilines is 1. The molecule has 1 aliphatic carbocycles. The molecule has 1 heterocycles. The highest BCUT2D eigenvalue weighted by molar-refractivity contribution is 6.33. The maximum absolute atomic E-state index is 12.6. The highest BCUT2D eigenvalue weighted by atomic mass is 35.5. The number of hydrogen-bond donors (Lipinski definition) is 3. The molecular formula is C22H25ClN4O. The van der Waals surface area contributed by atoms with Crippen molar-refractivity contribution in [3.63, 3.8) is 0 Å². The molecule has 3 N–H and O–H groups in total. The Morgan fingerprint density at radius 1 is 1.18 bits per heavy atom. The summed E-state index contributed by atoms with van der Waals surface area (Å²) >= 11 is 6.19. The van der Waals surface area contributed by atoms with Crippen molar-refractivity contribution in [3.05, 3.63) is 58.6 Å². The number of amides is 1. The summed E-state index contributed by atoms with van der Waals surface area (Å²) in [6, 6.07) is 13.9. The minimum Gasteiger partial charge on any atom is -0.368 e. The fourth-order valence-corrected chi connectivity index (χ4v) is 4.13. The normalized spacial score (nSPS) is 19.5. The monoisotopic (exact) mass is 396 g/mol. The average Bonchev–Trinajstić information content (AvgIpc) is 3.12. The number of nitrogens with one attached hydrogen (secondary N) is 3. The van der Waals surface area contributed by atoms with Gasteiger partial charge in [0.25, 0.3) is 5.91 Å². The van der Waals surface area contributed by atoms with Crippen molar-refractivity contribution >= 4 is 34.2 Å². The second-order valence-electron chi connectivity index (χ2n) is 7.67. The molecular weight excluding hydrogens is 372 g/mol. The van der Waals surface area contributed by atoms with E-state index in [1.165, 1.54) is 0 Å². The maximum atomic E-state index is 12.6. The third-order valence-electron chi connectivity index (χ3n) is 5.58. The molecule has 1 fully saturated rings. The predicted octanol–water partition coefficient (Wildman–Crippen LogP) is 4.93. The molecule has 2 aromatic carbocycles. The van der Waals surface area contributed by atoms with Crippen LogP contribution in [0.2, 0.25) is 5.02 Å². The summed E-state index contributed by atoms with van der Waals surface area (Å²) in [6.45, 7) is 2.87. The number of H-pyrrole nitrogens is 1. The van der Waals surface area contributed by atoms with Gasteiger partial charge in [-0.05, 0) is 62.8 Å². The summed E-state index contributed by atoms with van der Waals surface area (Å²) in [4.78, 5) is 12.6. The molecule has 0 unspecified atom stereocenters. The lowest BCUT2D eigenvalue weighted by Gasteiger charge is -2.29. The largest absolute Gasteiger partial charge is 0.368 e. The Kier molecular flexibility index (Phi) is 5.53. The van der Waals surface area contributed by atoms with Crippen LogP contribution in [0.4, 0.5) is 5.82 Å². The Morgan fingerprint density at radius 2 is 1.96 bits per heavy atom. The molecule has 4 rings (SSSR count). The average molecular weight is 397 g/mol. The first-order chi connectivity index (χ1) is 13.6. The summed E-state index contributed by atoms with van der Waals surface area (Å²) in [5.74, 6) is 1.43. The SMILES string of the molecule is Cc1ccc(Cl)c(C(=O)NC2CCC(CNc3n[nH]c4ccccc34)CC2)c1. The van der Waals surface area contributed by atoms with Crippen molar-refractivity contribution in [1.29, 1.82) is 0 Å². The molecule has 6 heteroatoms. The molecule has 0 radical (unpaired) electrons.